The molecule has 5 heteroatoms. The number of nitrogen functional groups attached to an aromatic ring is 1. The third kappa shape index (κ3) is 3.05. The minimum Gasteiger partial charge on any atom is -0.469 e. The normalized spacial score (nSPS) is 10.3. The van der Waals surface area contributed by atoms with Crippen molar-refractivity contribution in [3.63, 3.8) is 0 Å². The van der Waals surface area contributed by atoms with Crippen LogP contribution in [0.1, 0.15) is 12.2 Å². The van der Waals surface area contributed by atoms with Crippen LogP contribution >= 0.6 is 11.6 Å². The highest BCUT2D eigenvalue weighted by Gasteiger charge is 2.09. The van der Waals surface area contributed by atoms with Gasteiger partial charge in [-0.15, -0.1) is 0 Å². The molecule has 1 aromatic heterocycles. The van der Waals surface area contributed by atoms with Crippen LogP contribution in [0.4, 0.5) is 11.4 Å². The lowest BCUT2D eigenvalue weighted by atomic mass is 10.2. The van der Waals surface area contributed by atoms with Gasteiger partial charge in [-0.05, 0) is 24.3 Å². The fraction of sp³-hybridized carbons (Fsp3) is 0.154. The standard InChI is InChI=1S/C13H13ClN2O2/c14-10-4-1-5-11(15)13(10)16-12(17)7-6-9-3-2-8-18-9/h1-5,8H,6-7,15H2,(H,16,17). The Hall–Kier alpha value is -1.94. The molecule has 0 saturated carbocycles. The van der Waals surface area contributed by atoms with Crippen molar-refractivity contribution >= 4 is 28.9 Å². The molecule has 0 aliphatic rings. The molecule has 0 unspecified atom stereocenters. The first kappa shape index (κ1) is 12.5. The molecule has 0 saturated heterocycles. The summed E-state index contributed by atoms with van der Waals surface area (Å²) in [5, 5.41) is 3.14. The van der Waals surface area contributed by atoms with Gasteiger partial charge in [0.1, 0.15) is 5.76 Å². The van der Waals surface area contributed by atoms with Crippen LogP contribution in [0.25, 0.3) is 0 Å². The Kier molecular flexibility index (Phi) is 3.89. The van der Waals surface area contributed by atoms with E-state index in [1.54, 1.807) is 30.5 Å². The van der Waals surface area contributed by atoms with Crippen molar-refractivity contribution in [1.29, 1.82) is 0 Å². The average Bonchev–Trinajstić information content (AvgIpc) is 2.84. The number of carbonyl (C=O) groups excluding carboxylic acids is 1. The topological polar surface area (TPSA) is 68.3 Å². The SMILES string of the molecule is Nc1cccc(Cl)c1NC(=O)CCc1ccco1. The Labute approximate surface area is 110 Å². The van der Waals surface area contributed by atoms with E-state index in [-0.39, 0.29) is 5.91 Å². The largest absolute Gasteiger partial charge is 0.469 e. The molecule has 0 bridgehead atoms. The van der Waals surface area contributed by atoms with Gasteiger partial charge in [-0.3, -0.25) is 4.79 Å². The molecule has 1 heterocycles. The van der Waals surface area contributed by atoms with E-state index in [0.717, 1.165) is 5.76 Å². The molecule has 0 spiro atoms. The van der Waals surface area contributed by atoms with Crippen LogP contribution in [0.2, 0.25) is 5.02 Å². The van der Waals surface area contributed by atoms with Gasteiger partial charge in [0, 0.05) is 12.8 Å². The molecule has 2 rings (SSSR count). The summed E-state index contributed by atoms with van der Waals surface area (Å²) in [5.74, 6) is 0.628. The summed E-state index contributed by atoms with van der Waals surface area (Å²) in [6.45, 7) is 0. The summed E-state index contributed by atoms with van der Waals surface area (Å²) in [4.78, 5) is 11.7. The molecule has 1 amide bonds. The maximum absolute atomic E-state index is 11.7. The lowest BCUT2D eigenvalue weighted by molar-refractivity contribution is -0.116. The summed E-state index contributed by atoms with van der Waals surface area (Å²) >= 11 is 5.96. The van der Waals surface area contributed by atoms with E-state index in [1.807, 2.05) is 6.07 Å². The number of hydrogen-bond acceptors (Lipinski definition) is 3. The van der Waals surface area contributed by atoms with E-state index in [0.29, 0.717) is 29.2 Å². The zero-order valence-electron chi connectivity index (χ0n) is 9.65. The summed E-state index contributed by atoms with van der Waals surface area (Å²) in [7, 11) is 0. The predicted molar refractivity (Wildman–Crippen MR) is 71.5 cm³/mol. The summed E-state index contributed by atoms with van der Waals surface area (Å²) in [6.07, 6.45) is 2.45. The number of carbonyl (C=O) groups is 1. The monoisotopic (exact) mass is 264 g/mol. The van der Waals surface area contributed by atoms with E-state index in [2.05, 4.69) is 5.32 Å². The Morgan fingerprint density at radius 1 is 1.33 bits per heavy atom. The predicted octanol–water partition coefficient (Wildman–Crippen LogP) is 3.09. The van der Waals surface area contributed by atoms with E-state index < -0.39 is 0 Å². The Morgan fingerprint density at radius 2 is 2.17 bits per heavy atom. The first-order valence-electron chi connectivity index (χ1n) is 5.53. The van der Waals surface area contributed by atoms with Crippen molar-refractivity contribution in [2.75, 3.05) is 11.1 Å². The van der Waals surface area contributed by atoms with Gasteiger partial charge in [-0.2, -0.15) is 0 Å². The first-order valence-corrected chi connectivity index (χ1v) is 5.91. The molecule has 18 heavy (non-hydrogen) atoms. The van der Waals surface area contributed by atoms with E-state index >= 15 is 0 Å². The quantitative estimate of drug-likeness (QED) is 0.834. The Bertz CT molecular complexity index is 518. The number of benzene rings is 1. The number of para-hydroxylation sites is 1. The minimum absolute atomic E-state index is 0.147. The number of halogens is 1. The maximum atomic E-state index is 11.7. The van der Waals surface area contributed by atoms with Gasteiger partial charge in [0.15, 0.2) is 0 Å². The highest BCUT2D eigenvalue weighted by Crippen LogP contribution is 2.27. The molecule has 94 valence electrons. The molecule has 1 aromatic carbocycles. The number of nitrogens with two attached hydrogens (primary N) is 1. The molecule has 2 aromatic rings. The van der Waals surface area contributed by atoms with Crippen LogP contribution in [0.3, 0.4) is 0 Å². The van der Waals surface area contributed by atoms with Crippen LogP contribution in [0.5, 0.6) is 0 Å². The van der Waals surface area contributed by atoms with Gasteiger partial charge in [-0.25, -0.2) is 0 Å². The second kappa shape index (κ2) is 5.60. The van der Waals surface area contributed by atoms with Gasteiger partial charge in [-0.1, -0.05) is 17.7 Å². The number of hydrogen-bond donors (Lipinski definition) is 2. The van der Waals surface area contributed by atoms with Crippen molar-refractivity contribution in [3.8, 4) is 0 Å². The van der Waals surface area contributed by atoms with Crippen LogP contribution < -0.4 is 11.1 Å². The smallest absolute Gasteiger partial charge is 0.224 e. The van der Waals surface area contributed by atoms with Crippen LogP contribution in [0, 0.1) is 0 Å². The molecule has 0 radical (unpaired) electrons. The highest BCUT2D eigenvalue weighted by atomic mass is 35.5. The van der Waals surface area contributed by atoms with Crippen molar-refractivity contribution in [1.82, 2.24) is 0 Å². The first-order chi connectivity index (χ1) is 8.66. The van der Waals surface area contributed by atoms with Gasteiger partial charge >= 0.3 is 0 Å². The molecule has 0 aliphatic carbocycles. The van der Waals surface area contributed by atoms with Gasteiger partial charge in [0.05, 0.1) is 22.7 Å². The lowest BCUT2D eigenvalue weighted by Crippen LogP contribution is -2.13. The van der Waals surface area contributed by atoms with Gasteiger partial charge in [0.25, 0.3) is 0 Å². The molecule has 0 aliphatic heterocycles. The summed E-state index contributed by atoms with van der Waals surface area (Å²) in [6, 6.07) is 8.72. The lowest BCUT2D eigenvalue weighted by Gasteiger charge is -2.09. The van der Waals surface area contributed by atoms with Gasteiger partial charge < -0.3 is 15.5 Å². The van der Waals surface area contributed by atoms with Gasteiger partial charge in [0.2, 0.25) is 5.91 Å². The zero-order valence-corrected chi connectivity index (χ0v) is 10.4. The van der Waals surface area contributed by atoms with Crippen molar-refractivity contribution in [2.24, 2.45) is 0 Å². The Morgan fingerprint density at radius 3 is 2.83 bits per heavy atom. The van der Waals surface area contributed by atoms with Crippen LogP contribution in [0.15, 0.2) is 41.0 Å². The molecule has 4 nitrogen and oxygen atoms in total. The molecule has 0 fully saturated rings. The van der Waals surface area contributed by atoms with Crippen LogP contribution in [-0.4, -0.2) is 5.91 Å². The Balaban J connectivity index is 1.95. The van der Waals surface area contributed by atoms with E-state index in [1.165, 1.54) is 0 Å². The van der Waals surface area contributed by atoms with E-state index in [4.69, 9.17) is 21.8 Å². The second-order valence-electron chi connectivity index (χ2n) is 3.83. The fourth-order valence-corrected chi connectivity index (χ4v) is 1.80. The van der Waals surface area contributed by atoms with Crippen molar-refractivity contribution < 1.29 is 9.21 Å². The average molecular weight is 265 g/mol. The van der Waals surface area contributed by atoms with Crippen molar-refractivity contribution in [3.05, 3.63) is 47.4 Å². The number of nitrogens with one attached hydrogen (secondary N) is 1. The number of amides is 1. The molecular weight excluding hydrogens is 252 g/mol. The second-order valence-corrected chi connectivity index (χ2v) is 4.24. The van der Waals surface area contributed by atoms with Crippen molar-refractivity contribution in [2.45, 2.75) is 12.8 Å². The number of aryl methyl sites for hydroxylation is 1. The zero-order chi connectivity index (χ0) is 13.0. The van der Waals surface area contributed by atoms with Crippen LogP contribution in [-0.2, 0) is 11.2 Å². The molecule has 3 N–H and O–H groups in total. The number of rotatable bonds is 4. The summed E-state index contributed by atoms with van der Waals surface area (Å²) in [5.41, 5.74) is 6.66. The third-order valence-corrected chi connectivity index (χ3v) is 2.80. The third-order valence-electron chi connectivity index (χ3n) is 2.49. The van der Waals surface area contributed by atoms with E-state index in [9.17, 15) is 4.79 Å². The molecule has 0 atom stereocenters. The highest BCUT2D eigenvalue weighted by molar-refractivity contribution is 6.34. The molecular formula is C13H13ClN2O2. The maximum Gasteiger partial charge on any atom is 0.224 e. The minimum atomic E-state index is -0.147. The number of anilines is 2. The number of furan rings is 1. The fourth-order valence-electron chi connectivity index (χ4n) is 1.57. The summed E-state index contributed by atoms with van der Waals surface area (Å²) < 4.78 is 5.15.